The van der Waals surface area contributed by atoms with Crippen LogP contribution in [0.15, 0.2) is 47.5 Å². The highest BCUT2D eigenvalue weighted by Gasteiger charge is 2.07. The lowest BCUT2D eigenvalue weighted by Gasteiger charge is -2.11. The molecule has 0 atom stereocenters. The molecule has 70 valence electrons. The smallest absolute Gasteiger partial charge is 0.211 e. The topological polar surface area (TPSA) is 29.4 Å². The van der Waals surface area contributed by atoms with E-state index in [1.54, 1.807) is 0 Å². The van der Waals surface area contributed by atoms with Crippen molar-refractivity contribution in [2.45, 2.75) is 0 Å². The minimum absolute atomic E-state index is 0.645. The van der Waals surface area contributed by atoms with Crippen LogP contribution in [0.25, 0.3) is 11.1 Å². The predicted molar refractivity (Wildman–Crippen MR) is 57.3 cm³/mol. The van der Waals surface area contributed by atoms with Crippen LogP contribution in [-0.4, -0.2) is 6.08 Å². The molecule has 0 saturated heterocycles. The summed E-state index contributed by atoms with van der Waals surface area (Å²) in [4.78, 5) is 13.6. The van der Waals surface area contributed by atoms with Crippen LogP contribution in [-0.2, 0) is 4.79 Å². The van der Waals surface area contributed by atoms with E-state index in [0.717, 1.165) is 0 Å². The Kier molecular flexibility index (Phi) is 1.58. The first-order valence-electron chi connectivity index (χ1n) is 4.71. The zero-order valence-corrected chi connectivity index (χ0v) is 7.90. The molecule has 0 fully saturated rings. The summed E-state index contributed by atoms with van der Waals surface area (Å²) in [6.45, 7) is 0. The maximum absolute atomic E-state index is 10.0. The van der Waals surface area contributed by atoms with Gasteiger partial charge in [-0.3, -0.25) is 0 Å². The molecular weight excluding hydrogens is 186 g/mol. The second-order valence-corrected chi connectivity index (χ2v) is 3.51. The summed E-state index contributed by atoms with van der Waals surface area (Å²) >= 11 is 0. The summed E-state index contributed by atoms with van der Waals surface area (Å²) in [6, 6.07) is 14.0. The third-order valence-electron chi connectivity index (χ3n) is 2.68. The van der Waals surface area contributed by atoms with Gasteiger partial charge < -0.3 is 0 Å². The lowest BCUT2D eigenvalue weighted by atomic mass is 9.93. The molecule has 2 aliphatic carbocycles. The Morgan fingerprint density at radius 2 is 1.80 bits per heavy atom. The summed E-state index contributed by atoms with van der Waals surface area (Å²) in [7, 11) is 0. The molecule has 2 aliphatic rings. The molecule has 0 amide bonds. The van der Waals surface area contributed by atoms with Crippen LogP contribution >= 0.6 is 0 Å². The first-order valence-corrected chi connectivity index (χ1v) is 4.71. The van der Waals surface area contributed by atoms with Gasteiger partial charge in [-0.1, -0.05) is 24.3 Å². The fraction of sp³-hybridized carbons (Fsp3) is 0. The number of hydrogen-bond acceptors (Lipinski definition) is 2. The quantitative estimate of drug-likeness (QED) is 0.454. The summed E-state index contributed by atoms with van der Waals surface area (Å²) < 4.78 is 0. The van der Waals surface area contributed by atoms with E-state index in [1.807, 2.05) is 24.3 Å². The van der Waals surface area contributed by atoms with Gasteiger partial charge in [0.1, 0.15) is 0 Å². The third-order valence-corrected chi connectivity index (χ3v) is 2.68. The summed E-state index contributed by atoms with van der Waals surface area (Å²) in [5, 5.41) is 2.67. The largest absolute Gasteiger partial charge is 0.240 e. The Labute approximate surface area is 86.2 Å². The van der Waals surface area contributed by atoms with Crippen molar-refractivity contribution >= 4 is 11.8 Å². The van der Waals surface area contributed by atoms with Crippen LogP contribution in [0.3, 0.4) is 0 Å². The Bertz CT molecular complexity index is 665. The van der Waals surface area contributed by atoms with E-state index < -0.39 is 0 Å². The van der Waals surface area contributed by atoms with Gasteiger partial charge in [0.2, 0.25) is 6.08 Å². The Morgan fingerprint density at radius 3 is 2.27 bits per heavy atom. The lowest BCUT2D eigenvalue weighted by molar-refractivity contribution is 0.565. The standard InChI is InChI=1S/C13H7NO/c15-8-14-11-4-1-9(2-5-11)13-7-10-3-6-12(10)13/h1-7H. The predicted octanol–water partition coefficient (Wildman–Crippen LogP) is 2.92. The highest BCUT2D eigenvalue weighted by atomic mass is 16.1. The van der Waals surface area contributed by atoms with Crippen LogP contribution in [0.2, 0.25) is 0 Å². The van der Waals surface area contributed by atoms with E-state index in [9.17, 15) is 4.79 Å². The van der Waals surface area contributed by atoms with Gasteiger partial charge in [-0.05, 0) is 39.8 Å². The molecule has 1 aromatic carbocycles. The molecule has 15 heavy (non-hydrogen) atoms. The van der Waals surface area contributed by atoms with Gasteiger partial charge in [-0.25, -0.2) is 4.79 Å². The zero-order chi connectivity index (χ0) is 10.3. The van der Waals surface area contributed by atoms with E-state index in [1.165, 1.54) is 27.6 Å². The highest BCUT2D eigenvalue weighted by Crippen LogP contribution is 2.29. The molecule has 2 nitrogen and oxygen atoms in total. The van der Waals surface area contributed by atoms with E-state index >= 15 is 0 Å². The van der Waals surface area contributed by atoms with E-state index in [0.29, 0.717) is 5.69 Å². The van der Waals surface area contributed by atoms with Gasteiger partial charge in [0.05, 0.1) is 5.69 Å². The van der Waals surface area contributed by atoms with Crippen molar-refractivity contribution in [2.24, 2.45) is 4.99 Å². The van der Waals surface area contributed by atoms with Gasteiger partial charge >= 0.3 is 0 Å². The van der Waals surface area contributed by atoms with Crippen molar-refractivity contribution in [3.8, 4) is 11.1 Å². The van der Waals surface area contributed by atoms with Crippen LogP contribution in [0, 0.1) is 10.4 Å². The van der Waals surface area contributed by atoms with Crippen molar-refractivity contribution in [3.05, 3.63) is 52.9 Å². The first kappa shape index (κ1) is 8.16. The summed E-state index contributed by atoms with van der Waals surface area (Å²) in [5.74, 6) is 0. The van der Waals surface area contributed by atoms with Gasteiger partial charge in [-0.2, -0.15) is 4.99 Å². The Morgan fingerprint density at radius 1 is 1.00 bits per heavy atom. The van der Waals surface area contributed by atoms with Crippen LogP contribution in [0.4, 0.5) is 5.69 Å². The van der Waals surface area contributed by atoms with E-state index in [-0.39, 0.29) is 0 Å². The maximum Gasteiger partial charge on any atom is 0.240 e. The van der Waals surface area contributed by atoms with Gasteiger partial charge in [-0.15, -0.1) is 0 Å². The van der Waals surface area contributed by atoms with Crippen molar-refractivity contribution in [2.75, 3.05) is 0 Å². The van der Waals surface area contributed by atoms with Crippen molar-refractivity contribution in [1.29, 1.82) is 0 Å². The number of benzene rings is 2. The molecule has 1 aromatic rings. The zero-order valence-electron chi connectivity index (χ0n) is 7.90. The molecule has 0 saturated carbocycles. The third kappa shape index (κ3) is 1.13. The fourth-order valence-electron chi connectivity index (χ4n) is 1.80. The van der Waals surface area contributed by atoms with Crippen molar-refractivity contribution < 1.29 is 4.79 Å². The van der Waals surface area contributed by atoms with Crippen molar-refractivity contribution in [3.63, 3.8) is 0 Å². The summed E-state index contributed by atoms with van der Waals surface area (Å²) in [5.41, 5.74) is 3.09. The second kappa shape index (κ2) is 2.91. The molecule has 3 rings (SSSR count). The number of rotatable bonds is 2. The molecule has 0 N–H and O–H groups in total. The van der Waals surface area contributed by atoms with Gasteiger partial charge in [0.25, 0.3) is 0 Å². The second-order valence-electron chi connectivity index (χ2n) is 3.51. The van der Waals surface area contributed by atoms with E-state index in [2.05, 4.69) is 23.2 Å². The lowest BCUT2D eigenvalue weighted by Crippen LogP contribution is -1.91. The van der Waals surface area contributed by atoms with Crippen LogP contribution in [0.5, 0.6) is 0 Å². The number of nitrogens with zero attached hydrogens (tertiary/aromatic N) is 1. The average molecular weight is 193 g/mol. The normalized spacial score (nSPS) is 10.7. The molecule has 0 bridgehead atoms. The van der Waals surface area contributed by atoms with Gasteiger partial charge in [0, 0.05) is 0 Å². The molecule has 0 spiro atoms. The molecule has 0 aromatic heterocycles. The number of hydrogen-bond donors (Lipinski definition) is 0. The molecule has 0 radical (unpaired) electrons. The summed E-state index contributed by atoms with van der Waals surface area (Å²) in [6.07, 6.45) is 1.53. The van der Waals surface area contributed by atoms with Crippen LogP contribution in [0.1, 0.15) is 0 Å². The Balaban J connectivity index is 2.02. The minimum atomic E-state index is 0.645. The van der Waals surface area contributed by atoms with Crippen LogP contribution < -0.4 is 0 Å². The SMILES string of the molecule is O=C=Nc1ccc(-c2cc3ccc2=3)cc1. The molecule has 2 heteroatoms. The number of isocyanates is 1. The molecular formula is C13H7NO. The highest BCUT2D eigenvalue weighted by molar-refractivity contribution is 5.70. The van der Waals surface area contributed by atoms with Crippen molar-refractivity contribution in [1.82, 2.24) is 0 Å². The Hall–Kier alpha value is -2.18. The minimum Gasteiger partial charge on any atom is -0.211 e. The number of carbonyl (C=O) groups excluding carboxylic acids is 1. The monoisotopic (exact) mass is 193 g/mol. The fourth-order valence-corrected chi connectivity index (χ4v) is 1.80. The first-order chi connectivity index (χ1) is 7.38. The molecule has 0 aliphatic heterocycles. The molecule has 0 heterocycles. The number of aliphatic imine (C=N–C) groups is 1. The maximum atomic E-state index is 10.0. The van der Waals surface area contributed by atoms with E-state index in [4.69, 9.17) is 0 Å². The average Bonchev–Trinajstić information content (AvgIpc) is 2.24. The van der Waals surface area contributed by atoms with Gasteiger partial charge in [0.15, 0.2) is 0 Å². The molecule has 0 unspecified atom stereocenters.